The number of carbonyl (C=O) groups is 1. The minimum atomic E-state index is -0.0216. The molecule has 0 heterocycles. The van der Waals surface area contributed by atoms with Gasteiger partial charge in [0.05, 0.1) is 5.56 Å². The van der Waals surface area contributed by atoms with Crippen LogP contribution in [0.15, 0.2) is 22.7 Å². The zero-order chi connectivity index (χ0) is 12.0. The third-order valence-electron chi connectivity index (χ3n) is 2.33. The first kappa shape index (κ1) is 13.2. The van der Waals surface area contributed by atoms with Crippen LogP contribution in [-0.2, 0) is 0 Å². The average Bonchev–Trinajstić information content (AvgIpc) is 2.28. The molecule has 0 unspecified atom stereocenters. The zero-order valence-electron chi connectivity index (χ0n) is 9.64. The van der Waals surface area contributed by atoms with Crippen molar-refractivity contribution < 1.29 is 4.79 Å². The van der Waals surface area contributed by atoms with Crippen LogP contribution in [0.2, 0.25) is 0 Å². The van der Waals surface area contributed by atoms with Gasteiger partial charge in [-0.25, -0.2) is 0 Å². The molecule has 0 atom stereocenters. The monoisotopic (exact) mass is 284 g/mol. The van der Waals surface area contributed by atoms with Crippen LogP contribution < -0.4 is 10.6 Å². The van der Waals surface area contributed by atoms with E-state index in [1.165, 1.54) is 0 Å². The van der Waals surface area contributed by atoms with Crippen molar-refractivity contribution in [2.24, 2.45) is 0 Å². The molecule has 0 fully saturated rings. The minimum Gasteiger partial charge on any atom is -0.352 e. The molecule has 4 heteroatoms. The number of hydrogen-bond donors (Lipinski definition) is 2. The van der Waals surface area contributed by atoms with Gasteiger partial charge >= 0.3 is 0 Å². The summed E-state index contributed by atoms with van der Waals surface area (Å²) in [7, 11) is 1.90. The lowest BCUT2D eigenvalue weighted by atomic mass is 10.1. The Morgan fingerprint density at radius 3 is 2.81 bits per heavy atom. The summed E-state index contributed by atoms with van der Waals surface area (Å²) in [6, 6.07) is 5.69. The van der Waals surface area contributed by atoms with Gasteiger partial charge in [-0.3, -0.25) is 4.79 Å². The summed E-state index contributed by atoms with van der Waals surface area (Å²) in [5.74, 6) is -0.0216. The van der Waals surface area contributed by atoms with E-state index in [9.17, 15) is 4.79 Å². The second-order valence-corrected chi connectivity index (χ2v) is 4.44. The molecule has 0 aromatic heterocycles. The maximum absolute atomic E-state index is 11.8. The van der Waals surface area contributed by atoms with Crippen molar-refractivity contribution in [3.8, 4) is 0 Å². The smallest absolute Gasteiger partial charge is 0.252 e. The number of halogens is 1. The van der Waals surface area contributed by atoms with Crippen LogP contribution in [0.4, 0.5) is 0 Å². The molecule has 0 bridgehead atoms. The number of benzene rings is 1. The van der Waals surface area contributed by atoms with E-state index in [1.54, 1.807) is 0 Å². The number of carbonyl (C=O) groups excluding carboxylic acids is 1. The SMILES string of the molecule is CNCCCNC(=O)c1cccc(C)c1Br. The highest BCUT2D eigenvalue weighted by atomic mass is 79.9. The molecular formula is C12H17BrN2O. The molecule has 1 aromatic rings. The van der Waals surface area contributed by atoms with Gasteiger partial charge in [0, 0.05) is 11.0 Å². The maximum Gasteiger partial charge on any atom is 0.252 e. The number of aryl methyl sites for hydroxylation is 1. The summed E-state index contributed by atoms with van der Waals surface area (Å²) in [6.07, 6.45) is 0.936. The Morgan fingerprint density at radius 2 is 2.12 bits per heavy atom. The predicted octanol–water partition coefficient (Wildman–Crippen LogP) is 2.10. The fraction of sp³-hybridized carbons (Fsp3) is 0.417. The summed E-state index contributed by atoms with van der Waals surface area (Å²) in [5, 5.41) is 5.93. The van der Waals surface area contributed by atoms with Crippen LogP contribution in [0.3, 0.4) is 0 Å². The topological polar surface area (TPSA) is 41.1 Å². The summed E-state index contributed by atoms with van der Waals surface area (Å²) in [4.78, 5) is 11.8. The molecule has 0 saturated heterocycles. The van der Waals surface area contributed by atoms with E-state index in [0.29, 0.717) is 12.1 Å². The van der Waals surface area contributed by atoms with Gasteiger partial charge in [-0.15, -0.1) is 0 Å². The van der Waals surface area contributed by atoms with Gasteiger partial charge in [0.1, 0.15) is 0 Å². The van der Waals surface area contributed by atoms with Gasteiger partial charge in [0.15, 0.2) is 0 Å². The van der Waals surface area contributed by atoms with E-state index in [2.05, 4.69) is 26.6 Å². The highest BCUT2D eigenvalue weighted by molar-refractivity contribution is 9.10. The van der Waals surface area contributed by atoms with Crippen molar-refractivity contribution >= 4 is 21.8 Å². The quantitative estimate of drug-likeness (QED) is 0.813. The van der Waals surface area contributed by atoms with E-state index in [1.807, 2.05) is 32.2 Å². The predicted molar refractivity (Wildman–Crippen MR) is 69.8 cm³/mol. The Morgan fingerprint density at radius 1 is 1.38 bits per heavy atom. The van der Waals surface area contributed by atoms with Gasteiger partial charge < -0.3 is 10.6 Å². The van der Waals surface area contributed by atoms with Crippen LogP contribution in [-0.4, -0.2) is 26.0 Å². The molecule has 16 heavy (non-hydrogen) atoms. The van der Waals surface area contributed by atoms with Crippen molar-refractivity contribution in [1.29, 1.82) is 0 Å². The summed E-state index contributed by atoms with van der Waals surface area (Å²) < 4.78 is 0.876. The zero-order valence-corrected chi connectivity index (χ0v) is 11.2. The highest BCUT2D eigenvalue weighted by Crippen LogP contribution is 2.20. The molecule has 0 saturated carbocycles. The van der Waals surface area contributed by atoms with Crippen LogP contribution in [0.25, 0.3) is 0 Å². The van der Waals surface area contributed by atoms with Crippen LogP contribution in [0.1, 0.15) is 22.3 Å². The molecule has 1 aromatic carbocycles. The van der Waals surface area contributed by atoms with E-state index in [0.717, 1.165) is 23.0 Å². The summed E-state index contributed by atoms with van der Waals surface area (Å²) in [6.45, 7) is 3.58. The lowest BCUT2D eigenvalue weighted by Crippen LogP contribution is -2.26. The summed E-state index contributed by atoms with van der Waals surface area (Å²) >= 11 is 3.43. The second-order valence-electron chi connectivity index (χ2n) is 3.65. The lowest BCUT2D eigenvalue weighted by molar-refractivity contribution is 0.0952. The molecule has 1 amide bonds. The van der Waals surface area contributed by atoms with E-state index < -0.39 is 0 Å². The molecule has 88 valence electrons. The Labute approximate surface area is 105 Å². The number of nitrogens with one attached hydrogen (secondary N) is 2. The molecular weight excluding hydrogens is 268 g/mol. The molecule has 0 radical (unpaired) electrons. The van der Waals surface area contributed by atoms with Gasteiger partial charge in [-0.1, -0.05) is 12.1 Å². The molecule has 0 aliphatic rings. The van der Waals surface area contributed by atoms with Crippen molar-refractivity contribution in [3.63, 3.8) is 0 Å². The first-order valence-corrected chi connectivity index (χ1v) is 6.14. The molecule has 2 N–H and O–H groups in total. The Balaban J connectivity index is 2.56. The minimum absolute atomic E-state index is 0.0216. The third kappa shape index (κ3) is 3.61. The fourth-order valence-corrected chi connectivity index (χ4v) is 1.83. The first-order valence-electron chi connectivity index (χ1n) is 5.34. The van der Waals surface area contributed by atoms with Gasteiger partial charge in [-0.05, 0) is 54.5 Å². The summed E-state index contributed by atoms with van der Waals surface area (Å²) in [5.41, 5.74) is 1.77. The molecule has 0 aliphatic carbocycles. The molecule has 1 rings (SSSR count). The number of hydrogen-bond acceptors (Lipinski definition) is 2. The standard InChI is InChI=1S/C12H17BrN2O/c1-9-5-3-6-10(11(9)13)12(16)15-8-4-7-14-2/h3,5-6,14H,4,7-8H2,1-2H3,(H,15,16). The Hall–Kier alpha value is -0.870. The first-order chi connectivity index (χ1) is 7.66. The molecule has 0 spiro atoms. The van der Waals surface area contributed by atoms with Crippen molar-refractivity contribution in [2.75, 3.05) is 20.1 Å². The van der Waals surface area contributed by atoms with Crippen LogP contribution in [0.5, 0.6) is 0 Å². The van der Waals surface area contributed by atoms with Gasteiger partial charge in [-0.2, -0.15) is 0 Å². The van der Waals surface area contributed by atoms with Gasteiger partial charge in [0.25, 0.3) is 5.91 Å². The van der Waals surface area contributed by atoms with Crippen molar-refractivity contribution in [2.45, 2.75) is 13.3 Å². The van der Waals surface area contributed by atoms with Gasteiger partial charge in [0.2, 0.25) is 0 Å². The van der Waals surface area contributed by atoms with Crippen LogP contribution in [0, 0.1) is 6.92 Å². The van der Waals surface area contributed by atoms with E-state index in [-0.39, 0.29) is 5.91 Å². The Bertz CT molecular complexity index is 366. The maximum atomic E-state index is 11.8. The lowest BCUT2D eigenvalue weighted by Gasteiger charge is -2.08. The van der Waals surface area contributed by atoms with E-state index >= 15 is 0 Å². The number of amides is 1. The second kappa shape index (κ2) is 6.66. The largest absolute Gasteiger partial charge is 0.352 e. The molecule has 0 aliphatic heterocycles. The Kier molecular flexibility index (Phi) is 5.49. The van der Waals surface area contributed by atoms with Crippen molar-refractivity contribution in [3.05, 3.63) is 33.8 Å². The molecule has 3 nitrogen and oxygen atoms in total. The van der Waals surface area contributed by atoms with Crippen LogP contribution >= 0.6 is 15.9 Å². The average molecular weight is 285 g/mol. The fourth-order valence-electron chi connectivity index (χ4n) is 1.39. The van der Waals surface area contributed by atoms with Crippen molar-refractivity contribution in [1.82, 2.24) is 10.6 Å². The highest BCUT2D eigenvalue weighted by Gasteiger charge is 2.09. The normalized spacial score (nSPS) is 10.2. The van der Waals surface area contributed by atoms with E-state index in [4.69, 9.17) is 0 Å². The third-order valence-corrected chi connectivity index (χ3v) is 3.38. The number of rotatable bonds is 5.